The number of amides is 2. The van der Waals surface area contributed by atoms with Crippen molar-refractivity contribution in [3.8, 4) is 0 Å². The third-order valence-corrected chi connectivity index (χ3v) is 4.37. The maximum Gasteiger partial charge on any atom is 0.251 e. The van der Waals surface area contributed by atoms with Crippen molar-refractivity contribution in [2.75, 3.05) is 23.3 Å². The van der Waals surface area contributed by atoms with Crippen molar-refractivity contribution >= 4 is 33.8 Å². The van der Waals surface area contributed by atoms with Crippen molar-refractivity contribution in [1.29, 1.82) is 0 Å². The van der Waals surface area contributed by atoms with E-state index in [1.54, 1.807) is 16.3 Å². The summed E-state index contributed by atoms with van der Waals surface area (Å²) in [6.07, 6.45) is 0.0720. The van der Waals surface area contributed by atoms with Crippen LogP contribution in [0.1, 0.15) is 23.7 Å². The van der Waals surface area contributed by atoms with E-state index in [1.165, 1.54) is 11.3 Å². The van der Waals surface area contributed by atoms with Crippen LogP contribution in [0.25, 0.3) is 0 Å². The lowest BCUT2D eigenvalue weighted by atomic mass is 10.2. The number of nitrogens with zero attached hydrogens (tertiary/aromatic N) is 1. The summed E-state index contributed by atoms with van der Waals surface area (Å²) in [5.74, 6) is -0.847. The van der Waals surface area contributed by atoms with E-state index in [0.29, 0.717) is 23.5 Å². The van der Waals surface area contributed by atoms with Gasteiger partial charge in [-0.25, -0.2) is 0 Å². The number of nitrogens with one attached hydrogen (secondary N) is 1. The van der Waals surface area contributed by atoms with E-state index < -0.39 is 12.0 Å². The van der Waals surface area contributed by atoms with Gasteiger partial charge in [-0.3, -0.25) is 9.59 Å². The van der Waals surface area contributed by atoms with Crippen molar-refractivity contribution in [3.63, 3.8) is 0 Å². The van der Waals surface area contributed by atoms with Gasteiger partial charge in [-0.05, 0) is 30.0 Å². The van der Waals surface area contributed by atoms with Crippen LogP contribution in [0, 0.1) is 0 Å². The fraction of sp³-hybridized carbons (Fsp3) is 0.294. The molecule has 0 saturated heterocycles. The highest BCUT2D eigenvalue weighted by Crippen LogP contribution is 2.23. The quantitative estimate of drug-likeness (QED) is 0.681. The number of hydrogen-bond acceptors (Lipinski definition) is 5. The van der Waals surface area contributed by atoms with Gasteiger partial charge < -0.3 is 21.1 Å². The molecule has 0 aliphatic heterocycles. The zero-order valence-corrected chi connectivity index (χ0v) is 14.3. The predicted molar refractivity (Wildman–Crippen MR) is 96.4 cm³/mol. The van der Waals surface area contributed by atoms with E-state index in [1.807, 2.05) is 37.3 Å². The van der Waals surface area contributed by atoms with E-state index >= 15 is 0 Å². The molecule has 4 N–H and O–H groups in total. The largest absolute Gasteiger partial charge is 0.391 e. The van der Waals surface area contributed by atoms with Crippen LogP contribution in [0.3, 0.4) is 0 Å². The number of rotatable bonds is 8. The first-order valence-corrected chi connectivity index (χ1v) is 8.54. The van der Waals surface area contributed by atoms with Crippen LogP contribution in [-0.2, 0) is 4.79 Å². The van der Waals surface area contributed by atoms with Crippen molar-refractivity contribution in [3.05, 3.63) is 47.3 Å². The lowest BCUT2D eigenvalue weighted by Gasteiger charge is -2.26. The Kier molecular flexibility index (Phi) is 6.34. The van der Waals surface area contributed by atoms with Crippen LogP contribution < -0.4 is 16.0 Å². The summed E-state index contributed by atoms with van der Waals surface area (Å²) < 4.78 is 0. The molecule has 7 heteroatoms. The van der Waals surface area contributed by atoms with E-state index in [2.05, 4.69) is 5.32 Å². The number of carbonyl (C=O) groups is 2. The first-order valence-electron chi connectivity index (χ1n) is 7.66. The van der Waals surface area contributed by atoms with Crippen LogP contribution in [0.15, 0.2) is 41.8 Å². The summed E-state index contributed by atoms with van der Waals surface area (Å²) in [5, 5.41) is 14.8. The lowest BCUT2D eigenvalue weighted by molar-refractivity contribution is -0.115. The number of thiophene rings is 1. The van der Waals surface area contributed by atoms with Crippen molar-refractivity contribution in [2.24, 2.45) is 5.73 Å². The summed E-state index contributed by atoms with van der Waals surface area (Å²) in [5.41, 5.74) is 6.43. The van der Waals surface area contributed by atoms with E-state index in [-0.39, 0.29) is 12.5 Å². The molecule has 2 aromatic rings. The van der Waals surface area contributed by atoms with Gasteiger partial charge in [0, 0.05) is 12.2 Å². The third-order valence-electron chi connectivity index (χ3n) is 3.54. The second kappa shape index (κ2) is 8.47. The molecule has 1 aromatic carbocycles. The van der Waals surface area contributed by atoms with Gasteiger partial charge >= 0.3 is 0 Å². The van der Waals surface area contributed by atoms with E-state index in [9.17, 15) is 14.7 Å². The first-order chi connectivity index (χ1) is 11.5. The molecule has 1 aromatic heterocycles. The van der Waals surface area contributed by atoms with Crippen LogP contribution >= 0.6 is 11.3 Å². The number of benzene rings is 1. The Labute approximate surface area is 144 Å². The highest BCUT2D eigenvalue weighted by atomic mass is 32.1. The minimum Gasteiger partial charge on any atom is -0.391 e. The number of carbonyl (C=O) groups excluding carboxylic acids is 2. The molecule has 128 valence electrons. The van der Waals surface area contributed by atoms with Gasteiger partial charge in [-0.15, -0.1) is 11.3 Å². The molecule has 0 aliphatic rings. The first kappa shape index (κ1) is 18.0. The highest BCUT2D eigenvalue weighted by Gasteiger charge is 2.17. The molecule has 0 unspecified atom stereocenters. The molecule has 0 fully saturated rings. The van der Waals surface area contributed by atoms with Gasteiger partial charge in [-0.1, -0.05) is 25.1 Å². The number of aliphatic hydroxyl groups is 1. The molecule has 0 spiro atoms. The Morgan fingerprint density at radius 1 is 1.29 bits per heavy atom. The average molecular weight is 347 g/mol. The Hall–Kier alpha value is -2.38. The minimum atomic E-state index is -0.576. The number of anilines is 2. The number of para-hydroxylation sites is 1. The van der Waals surface area contributed by atoms with E-state index in [4.69, 9.17) is 5.73 Å². The smallest absolute Gasteiger partial charge is 0.251 e. The van der Waals surface area contributed by atoms with Crippen molar-refractivity contribution < 1.29 is 14.7 Å². The fourth-order valence-corrected chi connectivity index (χ4v) is 3.03. The Morgan fingerprint density at radius 3 is 2.62 bits per heavy atom. The molecular weight excluding hydrogens is 326 g/mol. The zero-order valence-electron chi connectivity index (χ0n) is 13.4. The number of primary amides is 1. The van der Waals surface area contributed by atoms with Gasteiger partial charge in [-0.2, -0.15) is 0 Å². The molecule has 6 nitrogen and oxygen atoms in total. The zero-order chi connectivity index (χ0) is 17.5. The van der Waals surface area contributed by atoms with Gasteiger partial charge in [0.1, 0.15) is 5.00 Å². The second-order valence-corrected chi connectivity index (χ2v) is 6.27. The van der Waals surface area contributed by atoms with Gasteiger partial charge in [0.15, 0.2) is 0 Å². The van der Waals surface area contributed by atoms with Crippen LogP contribution in [-0.4, -0.2) is 36.1 Å². The number of hydrogen-bond donors (Lipinski definition) is 3. The van der Waals surface area contributed by atoms with Gasteiger partial charge in [0.25, 0.3) is 5.91 Å². The molecule has 1 atom stereocenters. The summed E-state index contributed by atoms with van der Waals surface area (Å²) in [4.78, 5) is 25.5. The molecule has 0 aliphatic carbocycles. The van der Waals surface area contributed by atoms with Crippen LogP contribution in [0.4, 0.5) is 10.7 Å². The van der Waals surface area contributed by atoms with Gasteiger partial charge in [0.2, 0.25) is 5.91 Å². The van der Waals surface area contributed by atoms with Crippen molar-refractivity contribution in [1.82, 2.24) is 0 Å². The molecular formula is C17H21N3O3S. The lowest BCUT2D eigenvalue weighted by Crippen LogP contribution is -2.38. The number of nitrogens with two attached hydrogens (primary N) is 1. The topological polar surface area (TPSA) is 95.7 Å². The maximum atomic E-state index is 12.4. The monoisotopic (exact) mass is 347 g/mol. The summed E-state index contributed by atoms with van der Waals surface area (Å²) in [6.45, 7) is 2.30. The highest BCUT2D eigenvalue weighted by molar-refractivity contribution is 7.14. The Balaban J connectivity index is 2.09. The Morgan fingerprint density at radius 2 is 2.00 bits per heavy atom. The fourth-order valence-electron chi connectivity index (χ4n) is 2.22. The molecule has 0 bridgehead atoms. The molecule has 0 saturated carbocycles. The third kappa shape index (κ3) is 4.81. The van der Waals surface area contributed by atoms with Crippen LogP contribution in [0.2, 0.25) is 0 Å². The summed E-state index contributed by atoms with van der Waals surface area (Å²) in [6, 6.07) is 11.0. The maximum absolute atomic E-state index is 12.4. The van der Waals surface area contributed by atoms with Crippen molar-refractivity contribution in [2.45, 2.75) is 19.4 Å². The molecule has 1 heterocycles. The normalized spacial score (nSPS) is 11.8. The van der Waals surface area contributed by atoms with Crippen LogP contribution in [0.5, 0.6) is 0 Å². The number of aliphatic hydroxyl groups excluding tert-OH is 1. The molecule has 2 amide bonds. The average Bonchev–Trinajstić information content (AvgIpc) is 3.03. The van der Waals surface area contributed by atoms with E-state index in [0.717, 1.165) is 5.69 Å². The minimum absolute atomic E-state index is 0.0666. The van der Waals surface area contributed by atoms with Gasteiger partial charge in [0.05, 0.1) is 18.2 Å². The molecule has 24 heavy (non-hydrogen) atoms. The molecule has 0 radical (unpaired) electrons. The Bertz CT molecular complexity index is 687. The predicted octanol–water partition coefficient (Wildman–Crippen LogP) is 2.06. The SMILES string of the molecule is CC[C@H](O)CN(CC(=O)Nc1sccc1C(N)=O)c1ccccc1. The molecule has 2 rings (SSSR count). The standard InChI is InChI=1S/C17H21N3O3S/c1-2-13(21)10-20(12-6-4-3-5-7-12)11-15(22)19-17-14(16(18)23)8-9-24-17/h3-9,13,21H,2,10-11H2,1H3,(H2,18,23)(H,19,22)/t13-/m0/s1. The second-order valence-electron chi connectivity index (χ2n) is 5.35. The summed E-state index contributed by atoms with van der Waals surface area (Å²) in [7, 11) is 0. The summed E-state index contributed by atoms with van der Waals surface area (Å²) >= 11 is 1.25.